The maximum Gasteiger partial charge on any atom is 0.0380 e. The molecular formula is C18H29BrN2. The molecule has 2 atom stereocenters. The zero-order valence-corrected chi connectivity index (χ0v) is 15.2. The van der Waals surface area contributed by atoms with Crippen molar-refractivity contribution in [2.45, 2.75) is 65.0 Å². The van der Waals surface area contributed by atoms with Crippen molar-refractivity contribution in [3.63, 3.8) is 0 Å². The zero-order chi connectivity index (χ0) is 15.2. The molecule has 0 aliphatic carbocycles. The second kappa shape index (κ2) is 8.19. The average Bonchev–Trinajstić information content (AvgIpc) is 2.69. The molecule has 3 heteroatoms. The Balaban J connectivity index is 2.13. The van der Waals surface area contributed by atoms with Gasteiger partial charge in [0.05, 0.1) is 0 Å². The Bertz CT molecular complexity index is 447. The van der Waals surface area contributed by atoms with Gasteiger partial charge in [-0.15, -0.1) is 0 Å². The topological polar surface area (TPSA) is 15.3 Å². The van der Waals surface area contributed by atoms with Crippen molar-refractivity contribution < 1.29 is 0 Å². The molecule has 2 rings (SSSR count). The minimum atomic E-state index is 0.398. The van der Waals surface area contributed by atoms with E-state index >= 15 is 0 Å². The summed E-state index contributed by atoms with van der Waals surface area (Å²) in [6.07, 6.45) is 6.55. The van der Waals surface area contributed by atoms with E-state index in [-0.39, 0.29) is 0 Å². The third-order valence-electron chi connectivity index (χ3n) is 4.54. The molecule has 0 amide bonds. The summed E-state index contributed by atoms with van der Waals surface area (Å²) >= 11 is 3.78. The quantitative estimate of drug-likeness (QED) is 0.775. The first-order chi connectivity index (χ1) is 10.1. The van der Waals surface area contributed by atoms with E-state index in [2.05, 4.69) is 65.1 Å². The van der Waals surface area contributed by atoms with E-state index < -0.39 is 0 Å². The lowest BCUT2D eigenvalue weighted by Gasteiger charge is -2.30. The normalized spacial score (nSPS) is 21.1. The third-order valence-corrected chi connectivity index (χ3v) is 5.22. The molecule has 1 aliphatic rings. The van der Waals surface area contributed by atoms with Crippen molar-refractivity contribution in [3.8, 4) is 0 Å². The maximum absolute atomic E-state index is 3.78. The molecule has 2 unspecified atom stereocenters. The highest BCUT2D eigenvalue weighted by atomic mass is 79.9. The van der Waals surface area contributed by atoms with Gasteiger partial charge in [0, 0.05) is 28.8 Å². The Labute approximate surface area is 138 Å². The van der Waals surface area contributed by atoms with Gasteiger partial charge in [-0.3, -0.25) is 0 Å². The Hall–Kier alpha value is -0.540. The molecular weight excluding hydrogens is 324 g/mol. The standard InChI is InChI=1S/C18H29BrN2/c1-4-11-20-15(3)17-10-9-16(13-18(17)19)21-12-7-5-6-8-14(21)2/h9-10,13-15,20H,4-8,11-12H2,1-3H3. The van der Waals surface area contributed by atoms with Gasteiger partial charge in [-0.1, -0.05) is 41.8 Å². The van der Waals surface area contributed by atoms with Gasteiger partial charge in [-0.25, -0.2) is 0 Å². The van der Waals surface area contributed by atoms with E-state index in [1.807, 2.05) is 0 Å². The molecule has 0 bridgehead atoms. The van der Waals surface area contributed by atoms with E-state index in [9.17, 15) is 0 Å². The highest BCUT2D eigenvalue weighted by molar-refractivity contribution is 9.10. The Morgan fingerprint density at radius 2 is 2.14 bits per heavy atom. The minimum Gasteiger partial charge on any atom is -0.369 e. The van der Waals surface area contributed by atoms with Crippen LogP contribution in [0, 0.1) is 0 Å². The average molecular weight is 353 g/mol. The number of halogens is 1. The van der Waals surface area contributed by atoms with Gasteiger partial charge < -0.3 is 10.2 Å². The highest BCUT2D eigenvalue weighted by Gasteiger charge is 2.18. The molecule has 1 fully saturated rings. The molecule has 1 aromatic rings. The van der Waals surface area contributed by atoms with Gasteiger partial charge in [0.25, 0.3) is 0 Å². The highest BCUT2D eigenvalue weighted by Crippen LogP contribution is 2.31. The zero-order valence-electron chi connectivity index (χ0n) is 13.7. The number of nitrogens with zero attached hydrogens (tertiary/aromatic N) is 1. The lowest BCUT2D eigenvalue weighted by molar-refractivity contribution is 0.568. The summed E-state index contributed by atoms with van der Waals surface area (Å²) in [7, 11) is 0. The molecule has 0 aromatic heterocycles. The molecule has 1 heterocycles. The van der Waals surface area contributed by atoms with E-state index in [4.69, 9.17) is 0 Å². The molecule has 0 saturated carbocycles. The van der Waals surface area contributed by atoms with Crippen LogP contribution >= 0.6 is 15.9 Å². The van der Waals surface area contributed by atoms with Gasteiger partial charge in [0.1, 0.15) is 0 Å². The van der Waals surface area contributed by atoms with Crippen LogP contribution in [0.4, 0.5) is 5.69 Å². The number of hydrogen-bond donors (Lipinski definition) is 1. The van der Waals surface area contributed by atoms with Crippen molar-refractivity contribution in [1.29, 1.82) is 0 Å². The van der Waals surface area contributed by atoms with Gasteiger partial charge >= 0.3 is 0 Å². The summed E-state index contributed by atoms with van der Waals surface area (Å²) in [5.41, 5.74) is 2.72. The smallest absolute Gasteiger partial charge is 0.0380 e. The summed E-state index contributed by atoms with van der Waals surface area (Å²) < 4.78 is 1.23. The SMILES string of the molecule is CCCNC(C)c1ccc(N2CCCCCC2C)cc1Br. The fourth-order valence-corrected chi connectivity index (χ4v) is 3.89. The fraction of sp³-hybridized carbons (Fsp3) is 0.667. The number of hydrogen-bond acceptors (Lipinski definition) is 2. The second-order valence-corrected chi connectivity index (χ2v) is 7.13. The molecule has 0 spiro atoms. The van der Waals surface area contributed by atoms with Crippen molar-refractivity contribution in [1.82, 2.24) is 5.32 Å². The van der Waals surface area contributed by atoms with Gasteiger partial charge in [0.15, 0.2) is 0 Å². The largest absolute Gasteiger partial charge is 0.369 e. The van der Waals surface area contributed by atoms with Crippen LogP contribution in [-0.2, 0) is 0 Å². The van der Waals surface area contributed by atoms with Gasteiger partial charge in [0.2, 0.25) is 0 Å². The Morgan fingerprint density at radius 3 is 2.86 bits per heavy atom. The molecule has 1 aliphatic heterocycles. The van der Waals surface area contributed by atoms with Crippen LogP contribution in [-0.4, -0.2) is 19.1 Å². The van der Waals surface area contributed by atoms with Crippen LogP contribution in [0.2, 0.25) is 0 Å². The molecule has 118 valence electrons. The first-order valence-corrected chi connectivity index (χ1v) is 9.22. The summed E-state index contributed by atoms with van der Waals surface area (Å²) in [5, 5.41) is 3.56. The van der Waals surface area contributed by atoms with Crippen LogP contribution in [0.5, 0.6) is 0 Å². The fourth-order valence-electron chi connectivity index (χ4n) is 3.18. The van der Waals surface area contributed by atoms with Crippen molar-refractivity contribution >= 4 is 21.6 Å². The minimum absolute atomic E-state index is 0.398. The van der Waals surface area contributed by atoms with Crippen LogP contribution in [0.1, 0.15) is 64.5 Å². The second-order valence-electron chi connectivity index (χ2n) is 6.27. The summed E-state index contributed by atoms with van der Waals surface area (Å²) in [5.74, 6) is 0. The number of anilines is 1. The van der Waals surface area contributed by atoms with Crippen LogP contribution in [0.25, 0.3) is 0 Å². The maximum atomic E-state index is 3.78. The van der Waals surface area contributed by atoms with Crippen molar-refractivity contribution in [2.24, 2.45) is 0 Å². The van der Waals surface area contributed by atoms with Crippen LogP contribution < -0.4 is 10.2 Å². The first kappa shape index (κ1) is 16.8. The summed E-state index contributed by atoms with van der Waals surface area (Å²) in [6.45, 7) is 9.07. The first-order valence-electron chi connectivity index (χ1n) is 8.43. The van der Waals surface area contributed by atoms with Gasteiger partial charge in [-0.05, 0) is 57.4 Å². The number of benzene rings is 1. The Morgan fingerprint density at radius 1 is 1.33 bits per heavy atom. The predicted molar refractivity (Wildman–Crippen MR) is 96.1 cm³/mol. The van der Waals surface area contributed by atoms with E-state index in [0.29, 0.717) is 12.1 Å². The van der Waals surface area contributed by atoms with E-state index in [0.717, 1.165) is 6.54 Å². The summed E-state index contributed by atoms with van der Waals surface area (Å²) in [6, 6.07) is 7.94. The third kappa shape index (κ3) is 4.46. The molecule has 21 heavy (non-hydrogen) atoms. The molecule has 1 saturated heterocycles. The number of rotatable bonds is 5. The predicted octanol–water partition coefficient (Wildman–Crippen LogP) is 5.28. The van der Waals surface area contributed by atoms with Crippen molar-refractivity contribution in [2.75, 3.05) is 18.0 Å². The monoisotopic (exact) mass is 352 g/mol. The lowest BCUT2D eigenvalue weighted by atomic mass is 10.1. The molecule has 2 nitrogen and oxygen atoms in total. The Kier molecular flexibility index (Phi) is 6.56. The van der Waals surface area contributed by atoms with E-state index in [1.165, 1.54) is 54.4 Å². The van der Waals surface area contributed by atoms with Crippen LogP contribution in [0.15, 0.2) is 22.7 Å². The summed E-state index contributed by atoms with van der Waals surface area (Å²) in [4.78, 5) is 2.58. The molecule has 1 N–H and O–H groups in total. The van der Waals surface area contributed by atoms with Gasteiger partial charge in [-0.2, -0.15) is 0 Å². The van der Waals surface area contributed by atoms with Crippen molar-refractivity contribution in [3.05, 3.63) is 28.2 Å². The van der Waals surface area contributed by atoms with Crippen LogP contribution in [0.3, 0.4) is 0 Å². The molecule has 1 aromatic carbocycles. The molecule has 0 radical (unpaired) electrons. The number of nitrogens with one attached hydrogen (secondary N) is 1. The van der Waals surface area contributed by atoms with E-state index in [1.54, 1.807) is 0 Å². The lowest BCUT2D eigenvalue weighted by Crippen LogP contribution is -2.32.